The minimum atomic E-state index is -1.34. The lowest BCUT2D eigenvalue weighted by molar-refractivity contribution is 0.282. The van der Waals surface area contributed by atoms with Crippen LogP contribution in [0.2, 0.25) is 0 Å². The van der Waals surface area contributed by atoms with Gasteiger partial charge >= 0.3 is 7.12 Å². The van der Waals surface area contributed by atoms with Crippen LogP contribution < -0.4 is 31.6 Å². The highest BCUT2D eigenvalue weighted by atomic mass is 79.9. The summed E-state index contributed by atoms with van der Waals surface area (Å²) in [6.07, 6.45) is 5.38. The number of phenolic OH excluding ortho intramolecular Hbond substituents is 2. The molecule has 12 rings (SSSR count). The van der Waals surface area contributed by atoms with Gasteiger partial charge in [0.1, 0.15) is 23.0 Å². The number of hydrogen-bond donors (Lipinski definition) is 6. The van der Waals surface area contributed by atoms with E-state index in [-0.39, 0.29) is 61.6 Å². The Balaban J connectivity index is 0.000000191. The topological polar surface area (TPSA) is 206 Å². The van der Waals surface area contributed by atoms with E-state index in [9.17, 15) is 34.8 Å². The van der Waals surface area contributed by atoms with Gasteiger partial charge in [0.25, 0.3) is 16.7 Å². The Morgan fingerprint density at radius 2 is 0.773 bits per heavy atom. The molecule has 0 saturated carbocycles. The first-order valence-corrected chi connectivity index (χ1v) is 28.4. The van der Waals surface area contributed by atoms with Gasteiger partial charge in [-0.2, -0.15) is 0 Å². The van der Waals surface area contributed by atoms with E-state index in [1.165, 1.54) is 6.07 Å². The summed E-state index contributed by atoms with van der Waals surface area (Å²) in [7, 11) is 1.88. The molecule has 0 aliphatic heterocycles. The summed E-state index contributed by atoms with van der Waals surface area (Å²) in [4.78, 5) is 38.7. The fourth-order valence-corrected chi connectivity index (χ4v) is 9.79. The number of nitrogens with zero attached hydrogens (tertiary/aromatic N) is 3. The smallest absolute Gasteiger partial charge is 0.488 e. The van der Waals surface area contributed by atoms with Crippen LogP contribution in [0.3, 0.4) is 0 Å². The number of ether oxygens (including phenoxy) is 2. The number of rotatable bonds is 10. The summed E-state index contributed by atoms with van der Waals surface area (Å²) in [5, 5.41) is 59.5. The van der Waals surface area contributed by atoms with E-state index in [1.54, 1.807) is 125 Å². The molecule has 3 aromatic heterocycles. The van der Waals surface area contributed by atoms with Crippen molar-refractivity contribution in [1.29, 1.82) is 0 Å². The summed E-state index contributed by atoms with van der Waals surface area (Å²) in [6, 6.07) is 65.0. The molecule has 0 amide bonds. The first kappa shape index (κ1) is 67.9. The number of halogens is 3. The van der Waals surface area contributed by atoms with Crippen molar-refractivity contribution < 1.29 is 39.9 Å². The number of aliphatic hydroxyl groups is 2. The van der Waals surface area contributed by atoms with Crippen LogP contribution in [-0.2, 0) is 13.2 Å². The highest BCUT2D eigenvalue weighted by Gasteiger charge is 2.16. The summed E-state index contributed by atoms with van der Waals surface area (Å²) < 4.78 is 15.9. The molecule has 3 heterocycles. The quantitative estimate of drug-likeness (QED) is 0.0561. The number of fused-ring (bicyclic) bond motifs is 3. The number of aromatic nitrogens is 3. The molecule has 6 N–H and O–H groups in total. The molecule has 0 bridgehead atoms. The third kappa shape index (κ3) is 16.4. The van der Waals surface area contributed by atoms with Gasteiger partial charge in [-0.05, 0) is 164 Å². The van der Waals surface area contributed by atoms with Crippen molar-refractivity contribution in [2.24, 2.45) is 0 Å². The first-order valence-electron chi connectivity index (χ1n) is 26.5. The van der Waals surface area contributed by atoms with Crippen LogP contribution >= 0.6 is 39.1 Å². The number of methoxy groups -OCH3 is 2. The van der Waals surface area contributed by atoms with Crippen molar-refractivity contribution in [2.45, 2.75) is 28.1 Å². The van der Waals surface area contributed by atoms with Crippen LogP contribution in [0.4, 0.5) is 0 Å². The second kappa shape index (κ2) is 32.5. The van der Waals surface area contributed by atoms with Crippen LogP contribution in [0, 0.1) is 0 Å². The maximum atomic E-state index is 13.1. The fourth-order valence-electron chi connectivity index (χ4n) is 9.25. The maximum absolute atomic E-state index is 13.1. The molecule has 0 atom stereocenters. The molecule has 14 nitrogen and oxygen atoms in total. The van der Waals surface area contributed by atoms with Crippen molar-refractivity contribution in [3.63, 3.8) is 0 Å². The zero-order chi connectivity index (χ0) is 61.3. The standard InChI is InChI=1S/C23H19NO3.C21H15NO3.C17H14BrNO3.C6H7BO2.CH2Cl2.2CH4/c1-27-19-10-8-18(9-11-19)24-14-22(17-5-3-2-4-6-17)21-13-16(15-25)7-12-20(21)23(24)26;23-16-8-6-15(7-9-16)22-13-20(14-4-2-1-3-5-14)19-12-17(24)10-11-18(19)21(22)25;1-22-13-5-3-12(4-6-13)19-9-16(18)15-8-11(10-20)2-7-14(15)17(19)21;8-7(9)6-4-2-1-3-5-6;2-1-3;;/h2-14,25H,15H2,1H3;1-13,23-24H;2-9,20H,10H2,1H3;1-5,8-9H;1H2;2*1H4. The van der Waals surface area contributed by atoms with Crippen LogP contribution in [0.25, 0.3) is 71.6 Å². The van der Waals surface area contributed by atoms with Crippen molar-refractivity contribution in [3.8, 4) is 62.3 Å². The van der Waals surface area contributed by atoms with Gasteiger partial charge in [0.05, 0.1) is 32.8 Å². The molecule has 0 radical (unpaired) electrons. The Morgan fingerprint density at radius 1 is 0.432 bits per heavy atom. The second-order valence-electron chi connectivity index (χ2n) is 18.9. The van der Waals surface area contributed by atoms with E-state index in [4.69, 9.17) is 42.7 Å². The lowest BCUT2D eigenvalue weighted by atomic mass is 9.81. The van der Waals surface area contributed by atoms with Crippen LogP contribution in [-0.4, -0.2) is 70.9 Å². The number of benzene rings is 9. The van der Waals surface area contributed by atoms with Gasteiger partial charge in [0.15, 0.2) is 0 Å². The number of hydrogen-bond acceptors (Lipinski definition) is 11. The average Bonchev–Trinajstić information content (AvgIpc) is 2.10. The molecule has 0 aliphatic carbocycles. The Bertz CT molecular complexity index is 4410. The van der Waals surface area contributed by atoms with Gasteiger partial charge < -0.3 is 39.9 Å². The molecule has 0 unspecified atom stereocenters. The molecule has 9 aromatic carbocycles. The number of pyridine rings is 3. The van der Waals surface area contributed by atoms with Crippen molar-refractivity contribution in [2.75, 3.05) is 19.6 Å². The molecule has 18 heteroatoms. The normalized spacial score (nSPS) is 10.3. The summed E-state index contributed by atoms with van der Waals surface area (Å²) in [5.74, 6) is 1.74. The van der Waals surface area contributed by atoms with E-state index in [2.05, 4.69) is 15.9 Å². The Kier molecular flexibility index (Phi) is 25.1. The van der Waals surface area contributed by atoms with Crippen LogP contribution in [0.5, 0.6) is 23.0 Å². The van der Waals surface area contributed by atoms with Crippen LogP contribution in [0.1, 0.15) is 26.0 Å². The molecule has 450 valence electrons. The lowest BCUT2D eigenvalue weighted by Crippen LogP contribution is -2.29. The largest absolute Gasteiger partial charge is 0.508 e. The number of alkyl halides is 2. The average molecular weight is 1290 g/mol. The summed E-state index contributed by atoms with van der Waals surface area (Å²) in [5.41, 5.74) is 7.64. The molecule has 88 heavy (non-hydrogen) atoms. The minimum absolute atomic E-state index is 0. The molecular formula is C70H65BBrCl2N3O11. The molecular weight excluding hydrogens is 1220 g/mol. The fraction of sp³-hybridized carbons (Fsp3) is 0.100. The SMILES string of the molecule is C.C.COc1ccc(-n2cc(-c3ccccc3)c3cc(CO)ccc3c2=O)cc1.COc1ccc(-n2cc(Br)c3cc(CO)ccc3c2=O)cc1.ClCCl.O=c1c2ccc(O)cc2c(-c2ccccc2)cn1-c1ccc(O)cc1.OB(O)c1ccccc1. The minimum Gasteiger partial charge on any atom is -0.508 e. The third-order valence-electron chi connectivity index (χ3n) is 13.6. The van der Waals surface area contributed by atoms with Crippen molar-refractivity contribution in [3.05, 3.63) is 284 Å². The zero-order valence-corrected chi connectivity index (χ0v) is 49.5. The van der Waals surface area contributed by atoms with Gasteiger partial charge in [-0.3, -0.25) is 28.1 Å². The van der Waals surface area contributed by atoms with Gasteiger partial charge in [0.2, 0.25) is 0 Å². The van der Waals surface area contributed by atoms with E-state index in [0.29, 0.717) is 32.7 Å². The summed E-state index contributed by atoms with van der Waals surface area (Å²) >= 11 is 13.0. The predicted octanol–water partition coefficient (Wildman–Crippen LogP) is 13.5. The zero-order valence-electron chi connectivity index (χ0n) is 46.4. The lowest BCUT2D eigenvalue weighted by Gasteiger charge is -2.14. The second-order valence-corrected chi connectivity index (χ2v) is 20.6. The van der Waals surface area contributed by atoms with E-state index < -0.39 is 7.12 Å². The summed E-state index contributed by atoms with van der Waals surface area (Å²) in [6.45, 7) is -0.115. The van der Waals surface area contributed by atoms with Crippen molar-refractivity contribution >= 4 is 84.0 Å². The third-order valence-corrected chi connectivity index (χ3v) is 14.2. The van der Waals surface area contributed by atoms with Gasteiger partial charge in [-0.1, -0.05) is 118 Å². The maximum Gasteiger partial charge on any atom is 0.488 e. The Morgan fingerprint density at radius 3 is 1.16 bits per heavy atom. The van der Waals surface area contributed by atoms with Gasteiger partial charge in [0, 0.05) is 78.2 Å². The van der Waals surface area contributed by atoms with Crippen LogP contribution in [0.15, 0.2) is 256 Å². The van der Waals surface area contributed by atoms with Crippen molar-refractivity contribution in [1.82, 2.24) is 13.7 Å². The molecule has 0 fully saturated rings. The van der Waals surface area contributed by atoms with E-state index in [0.717, 1.165) is 71.5 Å². The molecule has 0 spiro atoms. The van der Waals surface area contributed by atoms with Gasteiger partial charge in [-0.25, -0.2) is 0 Å². The predicted molar refractivity (Wildman–Crippen MR) is 362 cm³/mol. The monoisotopic (exact) mass is 1280 g/mol. The molecule has 0 aliphatic rings. The Labute approximate surface area is 528 Å². The number of aliphatic hydroxyl groups excluding tert-OH is 2. The highest BCUT2D eigenvalue weighted by Crippen LogP contribution is 2.32. The Hall–Kier alpha value is -9.23. The van der Waals surface area contributed by atoms with Gasteiger partial charge in [-0.15, -0.1) is 23.2 Å². The first-order chi connectivity index (χ1) is 41.7. The van der Waals surface area contributed by atoms with E-state index in [1.807, 2.05) is 134 Å². The molecule has 12 aromatic rings. The molecule has 0 saturated heterocycles. The van der Waals surface area contributed by atoms with E-state index >= 15 is 0 Å². The number of aromatic hydroxyl groups is 2. The number of phenols is 2. The highest BCUT2D eigenvalue weighted by molar-refractivity contribution is 9.10.